The zero-order valence-corrected chi connectivity index (χ0v) is 23.1. The first-order chi connectivity index (χ1) is 20.6. The molecule has 3 heterocycles. The van der Waals surface area contributed by atoms with Crippen LogP contribution in [-0.2, 0) is 4.79 Å². The van der Waals surface area contributed by atoms with Gasteiger partial charge in [0.05, 0.1) is 16.9 Å². The maximum Gasteiger partial charge on any atom is 0.252 e. The second-order valence-electron chi connectivity index (χ2n) is 11.2. The van der Waals surface area contributed by atoms with Crippen LogP contribution in [0.3, 0.4) is 0 Å². The average molecular weight is 562 g/mol. The Morgan fingerprint density at radius 1 is 0.952 bits per heavy atom. The number of carbonyl (C=O) groups excluding carboxylic acids is 2. The van der Waals surface area contributed by atoms with Crippen molar-refractivity contribution in [1.29, 1.82) is 0 Å². The number of hydrogen-bond donors (Lipinski definition) is 3. The molecule has 2 aliphatic rings. The molecule has 0 bridgehead atoms. The van der Waals surface area contributed by atoms with Crippen molar-refractivity contribution >= 4 is 28.5 Å². The number of carbonyl (C=O) groups is 2. The van der Waals surface area contributed by atoms with Gasteiger partial charge >= 0.3 is 0 Å². The summed E-state index contributed by atoms with van der Waals surface area (Å²) in [6.45, 7) is 0. The normalized spacial score (nSPS) is 16.6. The largest absolute Gasteiger partial charge is 0.338 e. The Morgan fingerprint density at radius 2 is 1.79 bits per heavy atom. The van der Waals surface area contributed by atoms with Crippen molar-refractivity contribution in [2.24, 2.45) is 0 Å². The summed E-state index contributed by atoms with van der Waals surface area (Å²) in [4.78, 5) is 31.2. The predicted octanol–water partition coefficient (Wildman–Crippen LogP) is 4.94. The number of rotatable bonds is 7. The number of pyridine rings is 1. The van der Waals surface area contributed by atoms with E-state index >= 15 is 0 Å². The fourth-order valence-electron chi connectivity index (χ4n) is 6.14. The molecule has 11 nitrogen and oxygen atoms in total. The number of amides is 2. The van der Waals surface area contributed by atoms with Crippen molar-refractivity contribution in [3.63, 3.8) is 0 Å². The van der Waals surface area contributed by atoms with Gasteiger partial charge in [0.25, 0.3) is 11.8 Å². The van der Waals surface area contributed by atoms with E-state index in [0.29, 0.717) is 41.5 Å². The van der Waals surface area contributed by atoms with Gasteiger partial charge in [-0.25, -0.2) is 14.8 Å². The first-order valence-electron chi connectivity index (χ1n) is 14.5. The van der Waals surface area contributed by atoms with Crippen LogP contribution in [0.1, 0.15) is 73.3 Å². The number of benzene rings is 2. The van der Waals surface area contributed by atoms with Crippen LogP contribution in [0.15, 0.2) is 66.9 Å². The van der Waals surface area contributed by atoms with E-state index in [1.54, 1.807) is 18.3 Å². The molecule has 2 amide bonds. The highest BCUT2D eigenvalue weighted by atomic mass is 16.2. The third-order valence-electron chi connectivity index (χ3n) is 8.58. The van der Waals surface area contributed by atoms with E-state index < -0.39 is 5.54 Å². The molecule has 0 radical (unpaired) electrons. The molecule has 0 unspecified atom stereocenters. The summed E-state index contributed by atoms with van der Waals surface area (Å²) in [6.07, 6.45) is 9.54. The summed E-state index contributed by atoms with van der Waals surface area (Å²) in [5.74, 6) is 0.735. The number of nitrogens with one attached hydrogen (secondary N) is 3. The fourth-order valence-corrected chi connectivity index (χ4v) is 6.14. The zero-order valence-electron chi connectivity index (χ0n) is 23.1. The van der Waals surface area contributed by atoms with E-state index in [0.717, 1.165) is 35.9 Å². The van der Waals surface area contributed by atoms with Gasteiger partial charge in [-0.3, -0.25) is 9.59 Å². The van der Waals surface area contributed by atoms with E-state index in [4.69, 9.17) is 5.10 Å². The highest BCUT2D eigenvalue weighted by molar-refractivity contribution is 6.05. The highest BCUT2D eigenvalue weighted by Gasteiger charge is 2.45. The summed E-state index contributed by atoms with van der Waals surface area (Å²) >= 11 is 0. The number of anilines is 1. The second kappa shape index (κ2) is 10.8. The van der Waals surface area contributed by atoms with Gasteiger partial charge in [0.15, 0.2) is 5.82 Å². The number of aromatic amines is 1. The number of nitrogens with zero attached hydrogens (tertiary/aromatic N) is 6. The molecule has 2 aliphatic carbocycles. The van der Waals surface area contributed by atoms with Crippen LogP contribution in [0.4, 0.5) is 5.82 Å². The molecule has 2 saturated carbocycles. The van der Waals surface area contributed by atoms with Gasteiger partial charge in [0.1, 0.15) is 11.4 Å². The Kier molecular flexibility index (Phi) is 6.69. The molecule has 42 heavy (non-hydrogen) atoms. The van der Waals surface area contributed by atoms with Crippen LogP contribution in [0, 0.1) is 0 Å². The molecule has 212 valence electrons. The van der Waals surface area contributed by atoms with Crippen LogP contribution in [0.5, 0.6) is 0 Å². The second-order valence-corrected chi connectivity index (χ2v) is 11.2. The minimum atomic E-state index is -0.988. The number of fused-ring (bicyclic) bond motifs is 1. The van der Waals surface area contributed by atoms with Crippen LogP contribution in [0.2, 0.25) is 0 Å². The summed E-state index contributed by atoms with van der Waals surface area (Å²) in [7, 11) is 0. The zero-order chi connectivity index (χ0) is 28.5. The third kappa shape index (κ3) is 4.80. The summed E-state index contributed by atoms with van der Waals surface area (Å²) in [6, 6.07) is 19.3. The quantitative estimate of drug-likeness (QED) is 0.255. The van der Waals surface area contributed by atoms with Crippen LogP contribution >= 0.6 is 0 Å². The molecule has 2 aromatic carbocycles. The molecule has 2 fully saturated rings. The molecule has 11 heteroatoms. The average Bonchev–Trinajstić information content (AvgIpc) is 3.68. The lowest BCUT2D eigenvalue weighted by molar-refractivity contribution is -0.125. The van der Waals surface area contributed by atoms with E-state index in [1.165, 1.54) is 25.0 Å². The van der Waals surface area contributed by atoms with Crippen LogP contribution in [0.25, 0.3) is 28.0 Å². The molecule has 7 rings (SSSR count). The summed E-state index contributed by atoms with van der Waals surface area (Å²) in [5, 5.41) is 25.6. The number of tetrazole rings is 1. The molecule has 0 atom stereocenters. The fraction of sp³-hybridized carbons (Fsp3) is 0.323. The number of hydrogen-bond acceptors (Lipinski definition) is 7. The Morgan fingerprint density at radius 3 is 2.48 bits per heavy atom. The molecular weight excluding hydrogens is 530 g/mol. The molecule has 0 spiro atoms. The van der Waals surface area contributed by atoms with E-state index in [9.17, 15) is 9.59 Å². The minimum Gasteiger partial charge on any atom is -0.338 e. The molecule has 0 aliphatic heterocycles. The lowest BCUT2D eigenvalue weighted by Gasteiger charge is -2.40. The van der Waals surface area contributed by atoms with Crippen molar-refractivity contribution in [3.05, 3.63) is 78.1 Å². The maximum atomic E-state index is 13.5. The monoisotopic (exact) mass is 561 g/mol. The lowest BCUT2D eigenvalue weighted by Crippen LogP contribution is -2.61. The Hall–Kier alpha value is -4.93. The van der Waals surface area contributed by atoms with Crippen molar-refractivity contribution in [1.82, 2.24) is 40.7 Å². The first kappa shape index (κ1) is 26.0. The SMILES string of the molecule is O=C(NC1(C(=O)Nc2ccc(-c3nnn[nH]3)cn2)CCC1)c1ccc2c(C3CCCCC3)n(-c3ccccc3)nc2c1. The standard InChI is InChI=1S/C31H31N9O2/c41-29(34-31(16-7-17-31)30(42)33-26-15-13-22(19-32-26)28-35-38-39-36-28)21-12-14-24-25(18-21)37-40(23-10-5-2-6-11-23)27(24)20-8-3-1-4-9-20/h2,5-6,10-15,18-20H,1,3-4,7-9,16-17H2,(H,34,41)(H,32,33,42)(H,35,36,38,39). The Bertz CT molecular complexity index is 1720. The smallest absolute Gasteiger partial charge is 0.252 e. The van der Waals surface area contributed by atoms with E-state index in [2.05, 4.69) is 53.1 Å². The van der Waals surface area contributed by atoms with Crippen LogP contribution in [-0.4, -0.2) is 52.7 Å². The maximum absolute atomic E-state index is 13.5. The predicted molar refractivity (Wildman–Crippen MR) is 157 cm³/mol. The Labute approximate surface area is 242 Å². The van der Waals surface area contributed by atoms with Gasteiger partial charge in [-0.1, -0.05) is 43.5 Å². The lowest BCUT2D eigenvalue weighted by atomic mass is 9.75. The summed E-state index contributed by atoms with van der Waals surface area (Å²) < 4.78 is 2.06. The highest BCUT2D eigenvalue weighted by Crippen LogP contribution is 2.38. The van der Waals surface area contributed by atoms with Gasteiger partial charge in [-0.2, -0.15) is 5.10 Å². The van der Waals surface area contributed by atoms with E-state index in [-0.39, 0.29) is 11.8 Å². The summed E-state index contributed by atoms with van der Waals surface area (Å²) in [5.41, 5.74) is 3.21. The number of H-pyrrole nitrogens is 1. The van der Waals surface area contributed by atoms with E-state index in [1.807, 2.05) is 36.4 Å². The number of aromatic nitrogens is 7. The first-order valence-corrected chi connectivity index (χ1v) is 14.5. The molecule has 3 N–H and O–H groups in total. The van der Waals surface area contributed by atoms with Crippen molar-refractivity contribution in [2.75, 3.05) is 5.32 Å². The third-order valence-corrected chi connectivity index (χ3v) is 8.58. The van der Waals surface area contributed by atoms with Gasteiger partial charge in [0.2, 0.25) is 0 Å². The number of para-hydroxylation sites is 1. The Balaban J connectivity index is 1.12. The topological polar surface area (TPSA) is 143 Å². The van der Waals surface area contributed by atoms with Crippen molar-refractivity contribution in [2.45, 2.75) is 62.8 Å². The molecule has 0 saturated heterocycles. The van der Waals surface area contributed by atoms with Gasteiger partial charge in [-0.15, -0.1) is 5.10 Å². The molecule has 5 aromatic rings. The van der Waals surface area contributed by atoms with Gasteiger partial charge in [-0.05, 0) is 78.9 Å². The van der Waals surface area contributed by atoms with Crippen molar-refractivity contribution in [3.8, 4) is 17.1 Å². The van der Waals surface area contributed by atoms with Gasteiger partial charge < -0.3 is 10.6 Å². The van der Waals surface area contributed by atoms with Crippen molar-refractivity contribution < 1.29 is 9.59 Å². The molecular formula is C31H31N9O2. The minimum absolute atomic E-state index is 0.280. The van der Waals surface area contributed by atoms with Crippen LogP contribution < -0.4 is 10.6 Å². The van der Waals surface area contributed by atoms with Gasteiger partial charge in [0, 0.05) is 28.6 Å². The molecule has 3 aromatic heterocycles.